The molecule has 0 aliphatic carbocycles. The van der Waals surface area contributed by atoms with Gasteiger partial charge in [-0.25, -0.2) is 4.79 Å². The number of ether oxygens (including phenoxy) is 2. The Labute approximate surface area is 145 Å². The third-order valence-corrected chi connectivity index (χ3v) is 4.28. The van der Waals surface area contributed by atoms with Gasteiger partial charge in [-0.3, -0.25) is 0 Å². The van der Waals surface area contributed by atoms with Crippen molar-refractivity contribution in [3.8, 4) is 11.5 Å². The van der Waals surface area contributed by atoms with E-state index in [2.05, 4.69) is 10.6 Å². The van der Waals surface area contributed by atoms with Gasteiger partial charge in [-0.15, -0.1) is 0 Å². The van der Waals surface area contributed by atoms with Gasteiger partial charge < -0.3 is 20.1 Å². The molecule has 2 aromatic carbocycles. The van der Waals surface area contributed by atoms with Gasteiger partial charge in [-0.05, 0) is 41.8 Å². The Kier molecular flexibility index (Phi) is 5.11. The van der Waals surface area contributed by atoms with E-state index in [0.717, 1.165) is 22.6 Å². The van der Waals surface area contributed by atoms with Gasteiger partial charge in [0.25, 0.3) is 0 Å². The molecule has 0 bridgehead atoms. The summed E-state index contributed by atoms with van der Waals surface area (Å²) in [6.45, 7) is 0.822. The molecule has 1 aliphatic rings. The molecule has 0 saturated heterocycles. The van der Waals surface area contributed by atoms with E-state index >= 15 is 0 Å². The Morgan fingerprint density at radius 3 is 2.96 bits per heavy atom. The third-order valence-electron chi connectivity index (χ3n) is 3.91. The minimum absolute atomic E-state index is 0.0872. The van der Waals surface area contributed by atoms with Gasteiger partial charge in [0.15, 0.2) is 0 Å². The standard InChI is InChI=1S/C18H19ClN2O3/c1-23-15-6-7-17-13(9-15)8-14(11-24-17)21-18(22)20-10-12-4-2-3-5-16(12)19/h2-7,9,14H,8,10-11H2,1H3,(H2,20,21,22)/t14-/m1/s1. The van der Waals surface area contributed by atoms with Crippen LogP contribution in [0.25, 0.3) is 0 Å². The van der Waals surface area contributed by atoms with Crippen LogP contribution in [0.2, 0.25) is 5.02 Å². The summed E-state index contributed by atoms with van der Waals surface area (Å²) in [5.74, 6) is 1.62. The lowest BCUT2D eigenvalue weighted by atomic mass is 10.0. The van der Waals surface area contributed by atoms with E-state index < -0.39 is 0 Å². The minimum atomic E-state index is -0.241. The monoisotopic (exact) mass is 346 g/mol. The topological polar surface area (TPSA) is 59.6 Å². The number of carbonyl (C=O) groups is 1. The predicted octanol–water partition coefficient (Wildman–Crippen LogP) is 3.15. The van der Waals surface area contributed by atoms with Gasteiger partial charge >= 0.3 is 6.03 Å². The lowest BCUT2D eigenvalue weighted by Crippen LogP contribution is -2.47. The number of hydrogen-bond donors (Lipinski definition) is 2. The first-order chi connectivity index (χ1) is 11.7. The highest BCUT2D eigenvalue weighted by atomic mass is 35.5. The highest BCUT2D eigenvalue weighted by Gasteiger charge is 2.21. The number of urea groups is 1. The molecule has 0 aromatic heterocycles. The van der Waals surface area contributed by atoms with Gasteiger partial charge in [-0.2, -0.15) is 0 Å². The number of fused-ring (bicyclic) bond motifs is 1. The van der Waals surface area contributed by atoms with Crippen molar-refractivity contribution in [1.82, 2.24) is 10.6 Å². The average molecular weight is 347 g/mol. The van der Waals surface area contributed by atoms with Crippen LogP contribution in [-0.4, -0.2) is 25.8 Å². The molecule has 2 amide bonds. The Morgan fingerprint density at radius 1 is 1.33 bits per heavy atom. The summed E-state index contributed by atoms with van der Waals surface area (Å²) in [7, 11) is 1.63. The fourth-order valence-electron chi connectivity index (χ4n) is 2.64. The molecule has 1 heterocycles. The first-order valence-corrected chi connectivity index (χ1v) is 8.11. The summed E-state index contributed by atoms with van der Waals surface area (Å²) >= 11 is 6.08. The SMILES string of the molecule is COc1ccc2c(c1)C[C@@H](NC(=O)NCc1ccccc1Cl)CO2. The molecular formula is C18H19ClN2O3. The summed E-state index contributed by atoms with van der Waals surface area (Å²) in [5.41, 5.74) is 1.90. The quantitative estimate of drug-likeness (QED) is 0.894. The van der Waals surface area contributed by atoms with Crippen LogP contribution >= 0.6 is 11.6 Å². The normalized spacial score (nSPS) is 15.8. The second-order valence-corrected chi connectivity index (χ2v) is 6.01. The first-order valence-electron chi connectivity index (χ1n) is 7.73. The lowest BCUT2D eigenvalue weighted by Gasteiger charge is -2.26. The number of amides is 2. The van der Waals surface area contributed by atoms with E-state index in [9.17, 15) is 4.79 Å². The van der Waals surface area contributed by atoms with E-state index in [1.165, 1.54) is 0 Å². The highest BCUT2D eigenvalue weighted by molar-refractivity contribution is 6.31. The predicted molar refractivity (Wildman–Crippen MR) is 92.8 cm³/mol. The van der Waals surface area contributed by atoms with Gasteiger partial charge in [0.1, 0.15) is 18.1 Å². The maximum atomic E-state index is 12.1. The molecule has 24 heavy (non-hydrogen) atoms. The maximum Gasteiger partial charge on any atom is 0.315 e. The van der Waals surface area contributed by atoms with Crippen molar-refractivity contribution in [3.63, 3.8) is 0 Å². The summed E-state index contributed by atoms with van der Waals surface area (Å²) in [6.07, 6.45) is 0.700. The first kappa shape index (κ1) is 16.5. The van der Waals surface area contributed by atoms with Gasteiger partial charge in [0, 0.05) is 11.6 Å². The molecule has 1 aliphatic heterocycles. The van der Waals surface area contributed by atoms with E-state index in [1.54, 1.807) is 13.2 Å². The largest absolute Gasteiger partial charge is 0.497 e. The summed E-state index contributed by atoms with van der Waals surface area (Å²) in [6, 6.07) is 12.8. The molecule has 2 aromatic rings. The van der Waals surface area contributed by atoms with Crippen molar-refractivity contribution in [2.75, 3.05) is 13.7 Å². The van der Waals surface area contributed by atoms with E-state index in [1.807, 2.05) is 36.4 Å². The summed E-state index contributed by atoms with van der Waals surface area (Å²) < 4.78 is 10.9. The van der Waals surface area contributed by atoms with Crippen molar-refractivity contribution >= 4 is 17.6 Å². The number of nitrogens with one attached hydrogen (secondary N) is 2. The van der Waals surface area contributed by atoms with Crippen LogP contribution in [0.5, 0.6) is 11.5 Å². The van der Waals surface area contributed by atoms with Crippen LogP contribution in [0.1, 0.15) is 11.1 Å². The fourth-order valence-corrected chi connectivity index (χ4v) is 2.85. The number of carbonyl (C=O) groups excluding carboxylic acids is 1. The number of methoxy groups -OCH3 is 1. The summed E-state index contributed by atoms with van der Waals surface area (Å²) in [4.78, 5) is 12.1. The third kappa shape index (κ3) is 3.92. The molecule has 0 fully saturated rings. The van der Waals surface area contributed by atoms with Crippen LogP contribution < -0.4 is 20.1 Å². The number of benzene rings is 2. The van der Waals surface area contributed by atoms with Crippen molar-refractivity contribution in [3.05, 3.63) is 58.6 Å². The van der Waals surface area contributed by atoms with Crippen LogP contribution in [0, 0.1) is 0 Å². The van der Waals surface area contributed by atoms with Gasteiger partial charge in [-0.1, -0.05) is 29.8 Å². The zero-order valence-corrected chi connectivity index (χ0v) is 14.1. The molecule has 126 valence electrons. The smallest absolute Gasteiger partial charge is 0.315 e. The molecule has 3 rings (SSSR count). The average Bonchev–Trinajstić information content (AvgIpc) is 2.60. The second-order valence-electron chi connectivity index (χ2n) is 5.60. The lowest BCUT2D eigenvalue weighted by molar-refractivity contribution is 0.214. The minimum Gasteiger partial charge on any atom is -0.497 e. The second kappa shape index (κ2) is 7.45. The number of hydrogen-bond acceptors (Lipinski definition) is 3. The number of halogens is 1. The molecule has 0 radical (unpaired) electrons. The molecule has 2 N–H and O–H groups in total. The Morgan fingerprint density at radius 2 is 2.17 bits per heavy atom. The maximum absolute atomic E-state index is 12.1. The van der Waals surface area contributed by atoms with E-state index in [4.69, 9.17) is 21.1 Å². The molecule has 5 nitrogen and oxygen atoms in total. The molecule has 0 spiro atoms. The Bertz CT molecular complexity index is 736. The highest BCUT2D eigenvalue weighted by Crippen LogP contribution is 2.28. The van der Waals surface area contributed by atoms with Gasteiger partial charge in [0.2, 0.25) is 0 Å². The Hall–Kier alpha value is -2.40. The van der Waals surface area contributed by atoms with E-state index in [-0.39, 0.29) is 12.1 Å². The molecular weight excluding hydrogens is 328 g/mol. The van der Waals surface area contributed by atoms with Crippen molar-refractivity contribution in [1.29, 1.82) is 0 Å². The zero-order chi connectivity index (χ0) is 16.9. The zero-order valence-electron chi connectivity index (χ0n) is 13.3. The fraction of sp³-hybridized carbons (Fsp3) is 0.278. The molecule has 1 atom stereocenters. The van der Waals surface area contributed by atoms with Crippen molar-refractivity contribution < 1.29 is 14.3 Å². The molecule has 0 unspecified atom stereocenters. The van der Waals surface area contributed by atoms with Crippen molar-refractivity contribution in [2.45, 2.75) is 19.0 Å². The Balaban J connectivity index is 1.54. The van der Waals surface area contributed by atoms with Crippen molar-refractivity contribution in [2.24, 2.45) is 0 Å². The number of rotatable bonds is 4. The van der Waals surface area contributed by atoms with Crippen LogP contribution in [0.4, 0.5) is 4.79 Å². The van der Waals surface area contributed by atoms with Crippen LogP contribution in [0.3, 0.4) is 0 Å². The van der Waals surface area contributed by atoms with E-state index in [0.29, 0.717) is 24.6 Å². The van der Waals surface area contributed by atoms with Gasteiger partial charge in [0.05, 0.1) is 13.2 Å². The van der Waals surface area contributed by atoms with Crippen LogP contribution in [-0.2, 0) is 13.0 Å². The molecule has 6 heteroatoms. The van der Waals surface area contributed by atoms with Crippen LogP contribution in [0.15, 0.2) is 42.5 Å². The summed E-state index contributed by atoms with van der Waals surface area (Å²) in [5, 5.41) is 6.39. The molecule has 0 saturated carbocycles.